The maximum atomic E-state index is 12.9. The summed E-state index contributed by atoms with van der Waals surface area (Å²) in [6.07, 6.45) is 3.86. The van der Waals surface area contributed by atoms with Crippen LogP contribution >= 0.6 is 11.6 Å². The molecule has 2 aromatic heterocycles. The predicted octanol–water partition coefficient (Wildman–Crippen LogP) is 4.32. The molecule has 1 amide bonds. The first kappa shape index (κ1) is 21.8. The molecular formula is C22H23ClN6O3. The number of amides is 1. The van der Waals surface area contributed by atoms with Crippen molar-refractivity contribution in [2.75, 3.05) is 17.7 Å². The van der Waals surface area contributed by atoms with E-state index in [0.717, 1.165) is 6.42 Å². The first-order chi connectivity index (χ1) is 15.3. The van der Waals surface area contributed by atoms with E-state index in [2.05, 4.69) is 26.2 Å². The van der Waals surface area contributed by atoms with Gasteiger partial charge in [-0.3, -0.25) is 19.1 Å². The number of Topliss-reactive ketones (excluding diaryl/α,β-unsaturated/α-hetero) is 1. The summed E-state index contributed by atoms with van der Waals surface area (Å²) < 4.78 is 1.72. The second kappa shape index (κ2) is 8.60. The average molecular weight is 455 g/mol. The van der Waals surface area contributed by atoms with Crippen molar-refractivity contribution in [2.45, 2.75) is 26.8 Å². The molecule has 0 saturated heterocycles. The van der Waals surface area contributed by atoms with Crippen LogP contribution in [0.4, 0.5) is 22.9 Å². The molecule has 0 aliphatic carbocycles. The van der Waals surface area contributed by atoms with E-state index in [4.69, 9.17) is 16.4 Å². The number of rotatable bonds is 6. The summed E-state index contributed by atoms with van der Waals surface area (Å²) in [5.41, 5.74) is 4.45. The van der Waals surface area contributed by atoms with E-state index in [-0.39, 0.29) is 5.78 Å². The largest absolute Gasteiger partial charge is 0.353 e. The number of nitrogens with one attached hydrogen (secondary N) is 3. The van der Waals surface area contributed by atoms with Gasteiger partial charge in [-0.1, -0.05) is 37.6 Å². The molecule has 0 saturated carbocycles. The Hall–Kier alpha value is -3.43. The highest BCUT2D eigenvalue weighted by Crippen LogP contribution is 2.36. The number of pyridine rings is 1. The molecule has 1 aliphatic heterocycles. The fourth-order valence-electron chi connectivity index (χ4n) is 3.53. The summed E-state index contributed by atoms with van der Waals surface area (Å²) in [4.78, 5) is 34.2. The summed E-state index contributed by atoms with van der Waals surface area (Å²) in [5, 5.41) is 11.0. The number of carbonyl (C=O) groups is 2. The van der Waals surface area contributed by atoms with Gasteiger partial charge in [0.25, 0.3) is 5.91 Å². The standard InChI is InChI=1S/C22H23ClN6O3/c1-22(2)8-9-29-19(20(22)30)17(12-25-29)27-18-10-16(14(23)11-24-18)26-15-7-5-4-6-13(15)21(31)28-32-3/h4-7,10-12H,8-9H2,1-3H3,(H,28,31)(H2,24,26,27). The number of hydroxylamine groups is 1. The Morgan fingerprint density at radius 3 is 2.72 bits per heavy atom. The van der Waals surface area contributed by atoms with E-state index in [1.54, 1.807) is 41.2 Å². The smallest absolute Gasteiger partial charge is 0.276 e. The second-order valence-corrected chi connectivity index (χ2v) is 8.48. The SMILES string of the molecule is CONC(=O)c1ccccc1Nc1cc(Nc2cnn3c2C(=O)C(C)(C)CC3)ncc1Cl. The molecule has 3 aromatic rings. The van der Waals surface area contributed by atoms with Crippen LogP contribution in [-0.4, -0.2) is 33.6 Å². The number of hydrogen-bond acceptors (Lipinski definition) is 7. The zero-order valence-corrected chi connectivity index (χ0v) is 18.7. The average Bonchev–Trinajstić information content (AvgIpc) is 3.17. The zero-order chi connectivity index (χ0) is 22.9. The predicted molar refractivity (Wildman–Crippen MR) is 122 cm³/mol. The molecule has 0 bridgehead atoms. The number of ketones is 1. The van der Waals surface area contributed by atoms with Gasteiger partial charge in [-0.25, -0.2) is 10.5 Å². The normalized spacial score (nSPS) is 14.6. The Bertz CT molecular complexity index is 1190. The molecule has 4 rings (SSSR count). The molecule has 0 atom stereocenters. The molecular weight excluding hydrogens is 432 g/mol. The van der Waals surface area contributed by atoms with Crippen molar-refractivity contribution < 1.29 is 14.4 Å². The number of aryl methyl sites for hydroxylation is 1. The van der Waals surface area contributed by atoms with Gasteiger partial charge in [-0.15, -0.1) is 0 Å². The summed E-state index contributed by atoms with van der Waals surface area (Å²) in [6, 6.07) is 8.67. The summed E-state index contributed by atoms with van der Waals surface area (Å²) in [6.45, 7) is 4.56. The minimum Gasteiger partial charge on any atom is -0.353 e. The van der Waals surface area contributed by atoms with Crippen LogP contribution < -0.4 is 16.1 Å². The van der Waals surface area contributed by atoms with E-state index >= 15 is 0 Å². The molecule has 32 heavy (non-hydrogen) atoms. The maximum Gasteiger partial charge on any atom is 0.276 e. The number of benzene rings is 1. The number of halogens is 1. The van der Waals surface area contributed by atoms with Gasteiger partial charge < -0.3 is 10.6 Å². The lowest BCUT2D eigenvalue weighted by Crippen LogP contribution is -2.34. The van der Waals surface area contributed by atoms with Crippen LogP contribution in [-0.2, 0) is 11.4 Å². The monoisotopic (exact) mass is 454 g/mol. The number of para-hydroxylation sites is 1. The van der Waals surface area contributed by atoms with Crippen molar-refractivity contribution in [1.82, 2.24) is 20.2 Å². The Kier molecular flexibility index (Phi) is 5.86. The Morgan fingerprint density at radius 1 is 1.16 bits per heavy atom. The van der Waals surface area contributed by atoms with E-state index < -0.39 is 11.3 Å². The number of carbonyl (C=O) groups excluding carboxylic acids is 2. The Morgan fingerprint density at radius 2 is 1.94 bits per heavy atom. The molecule has 1 aromatic carbocycles. The van der Waals surface area contributed by atoms with Crippen LogP contribution in [0, 0.1) is 5.41 Å². The molecule has 0 spiro atoms. The molecule has 0 unspecified atom stereocenters. The van der Waals surface area contributed by atoms with E-state index in [0.29, 0.717) is 45.7 Å². The van der Waals surface area contributed by atoms with Crippen LogP contribution in [0.25, 0.3) is 0 Å². The van der Waals surface area contributed by atoms with Gasteiger partial charge in [0.2, 0.25) is 0 Å². The zero-order valence-electron chi connectivity index (χ0n) is 17.9. The van der Waals surface area contributed by atoms with Crippen molar-refractivity contribution >= 4 is 46.2 Å². The Labute approximate surface area is 190 Å². The first-order valence-corrected chi connectivity index (χ1v) is 10.4. The van der Waals surface area contributed by atoms with Crippen molar-refractivity contribution in [3.8, 4) is 0 Å². The lowest BCUT2D eigenvalue weighted by Gasteiger charge is -2.28. The van der Waals surface area contributed by atoms with Gasteiger partial charge in [0.1, 0.15) is 11.5 Å². The van der Waals surface area contributed by atoms with E-state index in [1.807, 2.05) is 13.8 Å². The summed E-state index contributed by atoms with van der Waals surface area (Å²) in [7, 11) is 1.37. The van der Waals surface area contributed by atoms with Crippen LogP contribution in [0.2, 0.25) is 5.02 Å². The molecule has 9 nitrogen and oxygen atoms in total. The number of hydrogen-bond donors (Lipinski definition) is 3. The van der Waals surface area contributed by atoms with Crippen LogP contribution in [0.5, 0.6) is 0 Å². The molecule has 3 heterocycles. The van der Waals surface area contributed by atoms with Crippen LogP contribution in [0.15, 0.2) is 42.7 Å². The van der Waals surface area contributed by atoms with Crippen molar-refractivity contribution in [3.63, 3.8) is 0 Å². The van der Waals surface area contributed by atoms with Gasteiger partial charge in [0.05, 0.1) is 47.2 Å². The van der Waals surface area contributed by atoms with Gasteiger partial charge in [-0.2, -0.15) is 5.10 Å². The third-order valence-corrected chi connectivity index (χ3v) is 5.67. The molecule has 10 heteroatoms. The van der Waals surface area contributed by atoms with Crippen LogP contribution in [0.1, 0.15) is 41.1 Å². The van der Waals surface area contributed by atoms with E-state index in [1.165, 1.54) is 13.3 Å². The first-order valence-electron chi connectivity index (χ1n) is 10.0. The molecule has 0 fully saturated rings. The summed E-state index contributed by atoms with van der Waals surface area (Å²) in [5.74, 6) is 0.114. The quantitative estimate of drug-likeness (QED) is 0.475. The minimum absolute atomic E-state index is 0.0362. The minimum atomic E-state index is -0.445. The molecule has 3 N–H and O–H groups in total. The van der Waals surface area contributed by atoms with Crippen molar-refractivity contribution in [1.29, 1.82) is 0 Å². The fraction of sp³-hybridized carbons (Fsp3) is 0.273. The third kappa shape index (κ3) is 4.17. The van der Waals surface area contributed by atoms with Gasteiger partial charge >= 0.3 is 0 Å². The van der Waals surface area contributed by atoms with Crippen molar-refractivity contribution in [3.05, 3.63) is 59.0 Å². The lowest BCUT2D eigenvalue weighted by molar-refractivity contribution is 0.0538. The second-order valence-electron chi connectivity index (χ2n) is 8.07. The highest BCUT2D eigenvalue weighted by atomic mass is 35.5. The van der Waals surface area contributed by atoms with Crippen LogP contribution in [0.3, 0.4) is 0 Å². The lowest BCUT2D eigenvalue weighted by atomic mass is 9.80. The van der Waals surface area contributed by atoms with Gasteiger partial charge in [0.15, 0.2) is 5.78 Å². The topological polar surface area (TPSA) is 110 Å². The molecule has 0 radical (unpaired) electrons. The van der Waals surface area contributed by atoms with Gasteiger partial charge in [0, 0.05) is 18.0 Å². The number of aromatic nitrogens is 3. The van der Waals surface area contributed by atoms with Crippen molar-refractivity contribution in [2.24, 2.45) is 5.41 Å². The molecule has 166 valence electrons. The molecule has 1 aliphatic rings. The fourth-order valence-corrected chi connectivity index (χ4v) is 3.68. The number of nitrogens with zero attached hydrogens (tertiary/aromatic N) is 3. The van der Waals surface area contributed by atoms with Gasteiger partial charge in [-0.05, 0) is 18.6 Å². The third-order valence-electron chi connectivity index (χ3n) is 5.37. The number of anilines is 4. The van der Waals surface area contributed by atoms with E-state index in [9.17, 15) is 9.59 Å². The highest BCUT2D eigenvalue weighted by molar-refractivity contribution is 6.33. The Balaban J connectivity index is 1.62. The summed E-state index contributed by atoms with van der Waals surface area (Å²) >= 11 is 6.35. The number of fused-ring (bicyclic) bond motifs is 1. The maximum absolute atomic E-state index is 12.9. The highest BCUT2D eigenvalue weighted by Gasteiger charge is 2.37.